The van der Waals surface area contributed by atoms with Crippen LogP contribution in [-0.4, -0.2) is 4.57 Å². The second-order valence-electron chi connectivity index (χ2n) is 6.99. The summed E-state index contributed by atoms with van der Waals surface area (Å²) < 4.78 is 2.45. The lowest BCUT2D eigenvalue weighted by atomic mass is 9.68. The van der Waals surface area contributed by atoms with Crippen LogP contribution in [0.1, 0.15) is 36.9 Å². The van der Waals surface area contributed by atoms with E-state index >= 15 is 0 Å². The summed E-state index contributed by atoms with van der Waals surface area (Å²) in [5, 5.41) is 1.52. The summed E-state index contributed by atoms with van der Waals surface area (Å²) in [5.41, 5.74) is 5.08. The first-order valence-corrected chi connectivity index (χ1v) is 8.07. The Labute approximate surface area is 120 Å². The monoisotopic (exact) mass is 263 g/mol. The molecule has 2 saturated carbocycles. The lowest BCUT2D eigenvalue weighted by molar-refractivity contribution is 0.399. The summed E-state index contributed by atoms with van der Waals surface area (Å²) in [5.74, 6) is 1.83. The van der Waals surface area contributed by atoms with Crippen molar-refractivity contribution in [3.05, 3.63) is 47.7 Å². The fourth-order valence-corrected chi connectivity index (χ4v) is 4.75. The van der Waals surface area contributed by atoms with Crippen LogP contribution in [0.2, 0.25) is 0 Å². The zero-order valence-electron chi connectivity index (χ0n) is 12.1. The molecule has 5 rings (SSSR count). The molecule has 0 atom stereocenters. The summed E-state index contributed by atoms with van der Waals surface area (Å²) >= 11 is 0. The molecule has 2 fully saturated rings. The van der Waals surface area contributed by atoms with Gasteiger partial charge in [0.2, 0.25) is 0 Å². The Morgan fingerprint density at radius 3 is 2.45 bits per heavy atom. The summed E-state index contributed by atoms with van der Waals surface area (Å²) in [4.78, 5) is 0. The maximum absolute atomic E-state index is 2.61. The molecule has 2 aromatic rings. The molecule has 1 aromatic carbocycles. The number of nitrogens with zero attached hydrogens (tertiary/aromatic N) is 1. The van der Waals surface area contributed by atoms with Gasteiger partial charge in [0.15, 0.2) is 0 Å². The smallest absolute Gasteiger partial charge is 0.0483 e. The maximum atomic E-state index is 2.61. The van der Waals surface area contributed by atoms with Crippen molar-refractivity contribution in [3.8, 4) is 0 Å². The Morgan fingerprint density at radius 1 is 1.05 bits per heavy atom. The second-order valence-corrected chi connectivity index (χ2v) is 6.99. The highest BCUT2D eigenvalue weighted by Crippen LogP contribution is 2.62. The number of fused-ring (bicyclic) bond motifs is 3. The molecule has 0 aliphatic heterocycles. The Bertz CT molecular complexity index is 714. The standard InChI is InChI=1S/C19H21N/c1-20-16-6-3-2-5-15(16)18-17(20)7-4-12-19(18,13-8-9-13)14-10-11-14/h2-6,12-14H,7-11H2,1H3. The van der Waals surface area contributed by atoms with Crippen molar-refractivity contribution in [1.82, 2.24) is 4.57 Å². The Morgan fingerprint density at radius 2 is 1.75 bits per heavy atom. The van der Waals surface area contributed by atoms with Crippen LogP contribution >= 0.6 is 0 Å². The van der Waals surface area contributed by atoms with Crippen molar-refractivity contribution in [2.75, 3.05) is 0 Å². The van der Waals surface area contributed by atoms with Gasteiger partial charge in [0, 0.05) is 35.5 Å². The highest BCUT2D eigenvalue weighted by atomic mass is 15.0. The zero-order valence-corrected chi connectivity index (χ0v) is 12.1. The van der Waals surface area contributed by atoms with Crippen molar-refractivity contribution >= 4 is 10.9 Å². The van der Waals surface area contributed by atoms with Crippen LogP contribution in [0.4, 0.5) is 0 Å². The molecule has 0 radical (unpaired) electrons. The number of rotatable bonds is 2. The minimum absolute atomic E-state index is 0.383. The van der Waals surface area contributed by atoms with Crippen LogP contribution in [0.15, 0.2) is 36.4 Å². The van der Waals surface area contributed by atoms with Crippen LogP contribution in [0.25, 0.3) is 10.9 Å². The minimum atomic E-state index is 0.383. The number of hydrogen-bond donors (Lipinski definition) is 0. The highest BCUT2D eigenvalue weighted by Gasteiger charge is 2.56. The maximum Gasteiger partial charge on any atom is 0.0483 e. The summed E-state index contributed by atoms with van der Waals surface area (Å²) in [7, 11) is 2.25. The number of aryl methyl sites for hydroxylation is 1. The van der Waals surface area contributed by atoms with E-state index in [-0.39, 0.29) is 0 Å². The van der Waals surface area contributed by atoms with E-state index in [9.17, 15) is 0 Å². The third kappa shape index (κ3) is 1.24. The second kappa shape index (κ2) is 3.58. The van der Waals surface area contributed by atoms with Gasteiger partial charge in [-0.25, -0.2) is 0 Å². The van der Waals surface area contributed by atoms with Crippen molar-refractivity contribution in [3.63, 3.8) is 0 Å². The molecule has 3 aliphatic carbocycles. The summed E-state index contributed by atoms with van der Waals surface area (Å²) in [6.45, 7) is 0. The van der Waals surface area contributed by atoms with E-state index < -0.39 is 0 Å². The van der Waals surface area contributed by atoms with Gasteiger partial charge in [0.05, 0.1) is 0 Å². The lowest BCUT2D eigenvalue weighted by Crippen LogP contribution is -2.32. The van der Waals surface area contributed by atoms with E-state index in [4.69, 9.17) is 0 Å². The van der Waals surface area contributed by atoms with Crippen LogP contribution in [0.3, 0.4) is 0 Å². The minimum Gasteiger partial charge on any atom is -0.347 e. The summed E-state index contributed by atoms with van der Waals surface area (Å²) in [6, 6.07) is 9.04. The van der Waals surface area contributed by atoms with Gasteiger partial charge in [0.1, 0.15) is 0 Å². The highest BCUT2D eigenvalue weighted by molar-refractivity contribution is 5.88. The lowest BCUT2D eigenvalue weighted by Gasteiger charge is -2.35. The van der Waals surface area contributed by atoms with Gasteiger partial charge < -0.3 is 4.57 Å². The average Bonchev–Trinajstić information content (AvgIpc) is 3.38. The molecule has 102 valence electrons. The normalized spacial score (nSPS) is 24.1. The first kappa shape index (κ1) is 11.2. The van der Waals surface area contributed by atoms with Gasteiger partial charge in [-0.3, -0.25) is 0 Å². The van der Waals surface area contributed by atoms with Gasteiger partial charge in [-0.2, -0.15) is 0 Å². The molecule has 0 saturated heterocycles. The van der Waals surface area contributed by atoms with Crippen LogP contribution < -0.4 is 0 Å². The summed E-state index contributed by atoms with van der Waals surface area (Å²) in [6.07, 6.45) is 11.9. The van der Waals surface area contributed by atoms with Gasteiger partial charge in [-0.1, -0.05) is 30.4 Å². The van der Waals surface area contributed by atoms with E-state index in [2.05, 4.69) is 48.0 Å². The molecule has 20 heavy (non-hydrogen) atoms. The zero-order chi connectivity index (χ0) is 13.3. The van der Waals surface area contributed by atoms with Crippen molar-refractivity contribution in [2.45, 2.75) is 37.5 Å². The predicted octanol–water partition coefficient (Wildman–Crippen LogP) is 4.35. The van der Waals surface area contributed by atoms with E-state index in [0.717, 1.165) is 18.3 Å². The molecule has 0 amide bonds. The van der Waals surface area contributed by atoms with E-state index in [1.165, 1.54) is 36.6 Å². The fourth-order valence-electron chi connectivity index (χ4n) is 4.75. The van der Waals surface area contributed by atoms with Crippen molar-refractivity contribution in [2.24, 2.45) is 18.9 Å². The molecule has 0 unspecified atom stereocenters. The molecule has 1 heteroatoms. The Kier molecular flexibility index (Phi) is 2.00. The van der Waals surface area contributed by atoms with Gasteiger partial charge in [0.25, 0.3) is 0 Å². The predicted molar refractivity (Wildman–Crippen MR) is 82.9 cm³/mol. The number of para-hydroxylation sites is 1. The van der Waals surface area contributed by atoms with E-state index in [1.807, 2.05) is 0 Å². The Hall–Kier alpha value is -1.50. The number of allylic oxidation sites excluding steroid dienone is 2. The molecule has 0 N–H and O–H groups in total. The van der Waals surface area contributed by atoms with Gasteiger partial charge >= 0.3 is 0 Å². The number of aromatic nitrogens is 1. The van der Waals surface area contributed by atoms with Gasteiger partial charge in [-0.15, -0.1) is 0 Å². The van der Waals surface area contributed by atoms with E-state index in [0.29, 0.717) is 5.41 Å². The molecule has 0 spiro atoms. The Balaban J connectivity index is 1.88. The molecule has 3 aliphatic rings. The fraction of sp³-hybridized carbons (Fsp3) is 0.474. The molecular weight excluding hydrogens is 242 g/mol. The molecular formula is C19H21N. The third-order valence-electron chi connectivity index (χ3n) is 5.87. The molecule has 1 heterocycles. The topological polar surface area (TPSA) is 4.93 Å². The third-order valence-corrected chi connectivity index (χ3v) is 5.87. The number of benzene rings is 1. The first-order valence-electron chi connectivity index (χ1n) is 8.07. The quantitative estimate of drug-likeness (QED) is 0.710. The van der Waals surface area contributed by atoms with Crippen LogP contribution in [0, 0.1) is 11.8 Å². The average molecular weight is 263 g/mol. The largest absolute Gasteiger partial charge is 0.347 e. The molecule has 1 nitrogen and oxygen atoms in total. The van der Waals surface area contributed by atoms with Crippen LogP contribution in [0.5, 0.6) is 0 Å². The van der Waals surface area contributed by atoms with Crippen molar-refractivity contribution < 1.29 is 0 Å². The molecule has 0 bridgehead atoms. The first-order chi connectivity index (χ1) is 9.82. The SMILES string of the molecule is Cn1c2c(c3ccccc31)C(C1CC1)(C1CC1)C=CC2. The van der Waals surface area contributed by atoms with Crippen molar-refractivity contribution in [1.29, 1.82) is 0 Å². The van der Waals surface area contributed by atoms with Gasteiger partial charge in [-0.05, 0) is 49.1 Å². The number of hydrogen-bond acceptors (Lipinski definition) is 0. The van der Waals surface area contributed by atoms with E-state index in [1.54, 1.807) is 11.3 Å². The molecule has 1 aromatic heterocycles. The van der Waals surface area contributed by atoms with Crippen LogP contribution in [-0.2, 0) is 18.9 Å².